The van der Waals surface area contributed by atoms with E-state index in [-0.39, 0.29) is 0 Å². The average Bonchev–Trinajstić information content (AvgIpc) is 2.41. The fourth-order valence-electron chi connectivity index (χ4n) is 1.96. The Morgan fingerprint density at radius 2 is 1.45 bits per heavy atom. The third-order valence-electron chi connectivity index (χ3n) is 2.73. The molecule has 0 radical (unpaired) electrons. The average molecular weight is 264 g/mol. The summed E-state index contributed by atoms with van der Waals surface area (Å²) in [6.45, 7) is 6.17. The summed E-state index contributed by atoms with van der Waals surface area (Å²) in [5.74, 6) is 0. The third-order valence-corrected chi connectivity index (χ3v) is 2.73. The van der Waals surface area contributed by atoms with Crippen LogP contribution < -0.4 is 5.32 Å². The fraction of sp³-hybridized carbons (Fsp3) is 0.167. The van der Waals surface area contributed by atoms with Gasteiger partial charge in [0.15, 0.2) is 0 Å². The van der Waals surface area contributed by atoms with Gasteiger partial charge in [0.2, 0.25) is 0 Å². The molecule has 2 aromatic rings. The maximum Gasteiger partial charge on any atom is 0.0634 e. The van der Waals surface area contributed by atoms with Crippen molar-refractivity contribution in [1.29, 1.82) is 0 Å². The van der Waals surface area contributed by atoms with Gasteiger partial charge in [-0.05, 0) is 63.2 Å². The summed E-state index contributed by atoms with van der Waals surface area (Å²) in [5, 5.41) is 3.36. The van der Waals surface area contributed by atoms with E-state index in [1.807, 2.05) is 61.5 Å². The van der Waals surface area contributed by atoms with Gasteiger partial charge in [-0.2, -0.15) is 0 Å². The number of nitrogens with zero attached hydrogens (tertiary/aromatic N) is 1. The van der Waals surface area contributed by atoms with Crippen LogP contribution in [0.25, 0.3) is 0 Å². The molecule has 0 aliphatic carbocycles. The van der Waals surface area contributed by atoms with Crippen LogP contribution in [0, 0.1) is 0 Å². The second kappa shape index (κ2) is 6.71. The van der Waals surface area contributed by atoms with E-state index in [9.17, 15) is 0 Å². The van der Waals surface area contributed by atoms with Gasteiger partial charge in [0, 0.05) is 17.1 Å². The molecule has 2 nitrogen and oxygen atoms in total. The first kappa shape index (κ1) is 14.1. The molecule has 0 spiro atoms. The highest BCUT2D eigenvalue weighted by atomic mass is 14.9. The highest BCUT2D eigenvalue weighted by Crippen LogP contribution is 2.20. The van der Waals surface area contributed by atoms with Gasteiger partial charge in [0.05, 0.1) is 5.69 Å². The van der Waals surface area contributed by atoms with E-state index in [2.05, 4.69) is 30.2 Å². The highest BCUT2D eigenvalue weighted by Gasteiger charge is 1.95. The van der Waals surface area contributed by atoms with Crippen molar-refractivity contribution in [2.75, 3.05) is 5.32 Å². The summed E-state index contributed by atoms with van der Waals surface area (Å²) in [4.78, 5) is 4.56. The van der Waals surface area contributed by atoms with Crippen molar-refractivity contribution in [3.63, 3.8) is 0 Å². The zero-order valence-corrected chi connectivity index (χ0v) is 12.2. The molecule has 20 heavy (non-hydrogen) atoms. The molecule has 0 aliphatic rings. The molecule has 1 N–H and O–H groups in total. The summed E-state index contributed by atoms with van der Waals surface area (Å²) in [7, 11) is 0. The van der Waals surface area contributed by atoms with Gasteiger partial charge >= 0.3 is 0 Å². The maximum absolute atomic E-state index is 4.56. The summed E-state index contributed by atoms with van der Waals surface area (Å²) in [6, 6.07) is 18.3. The van der Waals surface area contributed by atoms with Crippen molar-refractivity contribution < 1.29 is 0 Å². The summed E-state index contributed by atoms with van der Waals surface area (Å²) < 4.78 is 0. The number of benzene rings is 2. The topological polar surface area (TPSA) is 24.4 Å². The Morgan fingerprint density at radius 3 is 2.05 bits per heavy atom. The Bertz CT molecular complexity index is 604. The molecule has 0 atom stereocenters. The van der Waals surface area contributed by atoms with Crippen LogP contribution in [-0.2, 0) is 0 Å². The molecule has 0 saturated carbocycles. The Balaban J connectivity index is 2.09. The van der Waals surface area contributed by atoms with E-state index < -0.39 is 0 Å². The van der Waals surface area contributed by atoms with Crippen molar-refractivity contribution in [3.05, 3.63) is 66.2 Å². The van der Waals surface area contributed by atoms with Gasteiger partial charge in [-0.3, -0.25) is 4.99 Å². The first-order valence-corrected chi connectivity index (χ1v) is 6.76. The fourth-order valence-corrected chi connectivity index (χ4v) is 1.96. The van der Waals surface area contributed by atoms with Gasteiger partial charge in [-0.15, -0.1) is 0 Å². The van der Waals surface area contributed by atoms with Crippen molar-refractivity contribution >= 4 is 22.8 Å². The minimum Gasteiger partial charge on any atom is -0.356 e. The molecule has 0 amide bonds. The van der Waals surface area contributed by atoms with Gasteiger partial charge in [0.1, 0.15) is 0 Å². The minimum atomic E-state index is 0.971. The highest BCUT2D eigenvalue weighted by molar-refractivity contribution is 5.95. The zero-order valence-electron chi connectivity index (χ0n) is 12.2. The summed E-state index contributed by atoms with van der Waals surface area (Å²) in [5.41, 5.74) is 5.40. The second-order valence-corrected chi connectivity index (χ2v) is 5.01. The quantitative estimate of drug-likeness (QED) is 0.725. The molecule has 0 bridgehead atoms. The molecular weight excluding hydrogens is 244 g/mol. The minimum absolute atomic E-state index is 0.971. The lowest BCUT2D eigenvalue weighted by atomic mass is 10.2. The second-order valence-electron chi connectivity index (χ2n) is 5.01. The molecule has 0 aliphatic heterocycles. The number of rotatable bonds is 4. The first-order valence-electron chi connectivity index (χ1n) is 6.76. The van der Waals surface area contributed by atoms with Crippen LogP contribution in [0.4, 0.5) is 17.1 Å². The SMILES string of the molecule is CC(C)=CC(C)=Nc1ccc(Nc2ccccc2)cc1. The van der Waals surface area contributed by atoms with Crippen LogP contribution >= 0.6 is 0 Å². The number of allylic oxidation sites excluding steroid dienone is 2. The van der Waals surface area contributed by atoms with Crippen LogP contribution in [0.15, 0.2) is 71.2 Å². The lowest BCUT2D eigenvalue weighted by Gasteiger charge is -2.06. The first-order chi connectivity index (χ1) is 9.63. The lowest BCUT2D eigenvalue weighted by molar-refractivity contribution is 1.39. The number of aliphatic imine (C=N–C) groups is 1. The van der Waals surface area contributed by atoms with E-state index >= 15 is 0 Å². The van der Waals surface area contributed by atoms with Crippen LogP contribution in [0.2, 0.25) is 0 Å². The number of hydrogen-bond acceptors (Lipinski definition) is 2. The number of hydrogen-bond donors (Lipinski definition) is 1. The van der Waals surface area contributed by atoms with Gasteiger partial charge in [-0.25, -0.2) is 0 Å². The predicted molar refractivity (Wildman–Crippen MR) is 88.4 cm³/mol. The monoisotopic (exact) mass is 264 g/mol. The molecule has 2 aromatic carbocycles. The predicted octanol–water partition coefficient (Wildman–Crippen LogP) is 5.49. The molecular formula is C18H20N2. The normalized spacial score (nSPS) is 11.1. The molecule has 0 unspecified atom stereocenters. The molecule has 0 heterocycles. The number of anilines is 2. The third kappa shape index (κ3) is 4.39. The largest absolute Gasteiger partial charge is 0.356 e. The van der Waals surface area contributed by atoms with E-state index in [4.69, 9.17) is 0 Å². The van der Waals surface area contributed by atoms with Crippen molar-refractivity contribution in [2.45, 2.75) is 20.8 Å². The molecule has 0 saturated heterocycles. The van der Waals surface area contributed by atoms with E-state index in [0.29, 0.717) is 0 Å². The summed E-state index contributed by atoms with van der Waals surface area (Å²) in [6.07, 6.45) is 2.08. The van der Waals surface area contributed by atoms with Gasteiger partial charge in [-0.1, -0.05) is 23.8 Å². The van der Waals surface area contributed by atoms with Gasteiger partial charge in [0.25, 0.3) is 0 Å². The molecule has 102 valence electrons. The smallest absolute Gasteiger partial charge is 0.0634 e. The lowest BCUT2D eigenvalue weighted by Crippen LogP contribution is -1.89. The molecule has 2 rings (SSSR count). The van der Waals surface area contributed by atoms with E-state index in [1.165, 1.54) is 5.57 Å². The van der Waals surface area contributed by atoms with Crippen molar-refractivity contribution in [3.8, 4) is 0 Å². The maximum atomic E-state index is 4.56. The van der Waals surface area contributed by atoms with Crippen LogP contribution in [0.5, 0.6) is 0 Å². The van der Waals surface area contributed by atoms with Gasteiger partial charge < -0.3 is 5.32 Å². The number of nitrogens with one attached hydrogen (secondary N) is 1. The van der Waals surface area contributed by atoms with Crippen molar-refractivity contribution in [2.24, 2.45) is 4.99 Å². The van der Waals surface area contributed by atoms with Crippen LogP contribution in [0.3, 0.4) is 0 Å². The van der Waals surface area contributed by atoms with Crippen LogP contribution in [-0.4, -0.2) is 5.71 Å². The molecule has 0 aromatic heterocycles. The Labute approximate surface area is 120 Å². The van der Waals surface area contributed by atoms with Crippen LogP contribution in [0.1, 0.15) is 20.8 Å². The van der Waals surface area contributed by atoms with E-state index in [1.54, 1.807) is 0 Å². The molecule has 2 heteroatoms. The Hall–Kier alpha value is -2.35. The number of para-hydroxylation sites is 1. The summed E-state index contributed by atoms with van der Waals surface area (Å²) >= 11 is 0. The molecule has 0 fully saturated rings. The Morgan fingerprint density at radius 1 is 0.850 bits per heavy atom. The standard InChI is InChI=1S/C18H20N2/c1-14(2)13-15(3)19-17-9-11-18(12-10-17)20-16-7-5-4-6-8-16/h4-13,20H,1-3H3. The Kier molecular flexibility index (Phi) is 4.72. The zero-order chi connectivity index (χ0) is 14.4. The van der Waals surface area contributed by atoms with Crippen molar-refractivity contribution in [1.82, 2.24) is 0 Å². The van der Waals surface area contributed by atoms with E-state index in [0.717, 1.165) is 22.8 Å².